The third-order valence-corrected chi connectivity index (χ3v) is 16.0. The number of ketones is 1. The van der Waals surface area contributed by atoms with Gasteiger partial charge in [0.15, 0.2) is 30.7 Å². The van der Waals surface area contributed by atoms with Crippen molar-refractivity contribution in [2.75, 3.05) is 19.8 Å². The lowest BCUT2D eigenvalue weighted by Crippen LogP contribution is -2.82. The highest BCUT2D eigenvalue weighted by Gasteiger charge is 2.79. The number of hydrogen-bond acceptors (Lipinski definition) is 17. The van der Waals surface area contributed by atoms with Gasteiger partial charge in [0, 0.05) is 30.7 Å². The molecule has 0 spiro atoms. The Morgan fingerprint density at radius 3 is 1.82 bits per heavy atom. The molecule has 10 rings (SSSR count). The standard InChI is InChI=1S/C61H59NO16/c1-36-43(73-57(68)51-49(38-21-11-6-12-22-38)62-55(76-51)39-23-13-7-14-24-39)32-61(69)54(77-56(67)40-25-15-8-16-26-40)52-59(5,53(66)50(48(36)58(61,3)4)75-47(65)34-71-42-29-19-10-20-30-42)44(31-45-60(52,35-72-45)78-37(2)63)74-46(64)33-70-41-27-17-9-18-28-41/h6-30,43-45,49-52,54,69H,31-35H2,1-5H3/t43?,44-,45+,49-,50+,51+,52-,54-,59+,60-,61+/m0/s1. The van der Waals surface area contributed by atoms with E-state index in [2.05, 4.69) is 0 Å². The molecule has 2 saturated carbocycles. The average molecular weight is 1060 g/mol. The number of carbonyl (C=O) groups excluding carboxylic acids is 6. The van der Waals surface area contributed by atoms with Crippen molar-refractivity contribution in [3.05, 3.63) is 179 Å². The van der Waals surface area contributed by atoms with Gasteiger partial charge in [0.2, 0.25) is 12.0 Å². The largest absolute Gasteiger partial charge is 0.482 e. The van der Waals surface area contributed by atoms with Crippen molar-refractivity contribution in [1.82, 2.24) is 0 Å². The second kappa shape index (κ2) is 21.3. The number of esters is 5. The Balaban J connectivity index is 1.14. The third-order valence-electron chi connectivity index (χ3n) is 16.0. The van der Waals surface area contributed by atoms with E-state index in [0.29, 0.717) is 22.6 Å². The summed E-state index contributed by atoms with van der Waals surface area (Å²) in [4.78, 5) is 93.5. The van der Waals surface area contributed by atoms with Crippen molar-refractivity contribution < 1.29 is 76.5 Å². The van der Waals surface area contributed by atoms with E-state index in [9.17, 15) is 24.3 Å². The summed E-state index contributed by atoms with van der Waals surface area (Å²) in [6.07, 6.45) is -10.1. The summed E-state index contributed by atoms with van der Waals surface area (Å²) in [7, 11) is 0. The van der Waals surface area contributed by atoms with Gasteiger partial charge in [-0.05, 0) is 79.1 Å². The van der Waals surface area contributed by atoms with Crippen molar-refractivity contribution in [1.29, 1.82) is 0 Å². The molecule has 5 aliphatic rings. The first-order valence-electron chi connectivity index (χ1n) is 25.8. The molecular weight excluding hydrogens is 1000 g/mol. The molecule has 0 radical (unpaired) electrons. The molecular formula is C61H59NO16. The minimum atomic E-state index is -2.45. The molecule has 2 bridgehead atoms. The van der Waals surface area contributed by atoms with Crippen molar-refractivity contribution in [2.45, 2.75) is 101 Å². The number of ether oxygens (including phenoxy) is 9. The quantitative estimate of drug-likeness (QED) is 0.0610. The van der Waals surface area contributed by atoms with Crippen LogP contribution in [0.25, 0.3) is 0 Å². The predicted octanol–water partition coefficient (Wildman–Crippen LogP) is 7.48. The molecule has 5 aromatic carbocycles. The number of benzene rings is 5. The second-order valence-electron chi connectivity index (χ2n) is 20.9. The van der Waals surface area contributed by atoms with Crippen LogP contribution in [0.2, 0.25) is 0 Å². The normalized spacial score (nSPS) is 29.5. The maximum Gasteiger partial charge on any atom is 0.350 e. The van der Waals surface area contributed by atoms with Crippen molar-refractivity contribution in [2.24, 2.45) is 21.7 Å². The van der Waals surface area contributed by atoms with Gasteiger partial charge in [-0.15, -0.1) is 0 Å². The highest BCUT2D eigenvalue weighted by Crippen LogP contribution is 2.65. The smallest absolute Gasteiger partial charge is 0.350 e. The summed E-state index contributed by atoms with van der Waals surface area (Å²) < 4.78 is 56.4. The minimum absolute atomic E-state index is 0.00766. The van der Waals surface area contributed by atoms with Crippen LogP contribution in [0.1, 0.15) is 75.0 Å². The first kappa shape index (κ1) is 53.3. The fraction of sp³-hybridized carbons (Fsp3) is 0.361. The van der Waals surface area contributed by atoms with Gasteiger partial charge in [0.25, 0.3) is 0 Å². The molecule has 1 unspecified atom stereocenters. The van der Waals surface area contributed by atoms with Crippen molar-refractivity contribution >= 4 is 41.5 Å². The van der Waals surface area contributed by atoms with Crippen molar-refractivity contribution in [3.63, 3.8) is 0 Å². The van der Waals surface area contributed by atoms with Gasteiger partial charge in [-0.3, -0.25) is 9.59 Å². The molecule has 3 fully saturated rings. The molecule has 17 nitrogen and oxygen atoms in total. The van der Waals surface area contributed by atoms with Gasteiger partial charge in [0.1, 0.15) is 47.6 Å². The number of Topliss-reactive ketones (excluding diaryl/α,β-unsaturated/α-hetero) is 1. The zero-order valence-electron chi connectivity index (χ0n) is 43.6. The van der Waals surface area contributed by atoms with Gasteiger partial charge in [-0.1, -0.05) is 117 Å². The third kappa shape index (κ3) is 9.69. The Morgan fingerprint density at radius 1 is 0.705 bits per heavy atom. The van der Waals surface area contributed by atoms with Gasteiger partial charge < -0.3 is 47.7 Å². The Morgan fingerprint density at radius 2 is 1.26 bits per heavy atom. The van der Waals surface area contributed by atoms with Crippen LogP contribution >= 0.6 is 0 Å². The van der Waals surface area contributed by atoms with Gasteiger partial charge in [-0.25, -0.2) is 24.2 Å². The lowest BCUT2D eigenvalue weighted by Gasteiger charge is -2.67. The average Bonchev–Trinajstić information content (AvgIpc) is 2.15. The van der Waals surface area contributed by atoms with E-state index >= 15 is 9.59 Å². The van der Waals surface area contributed by atoms with Crippen LogP contribution in [0.5, 0.6) is 11.5 Å². The first-order chi connectivity index (χ1) is 37.4. The first-order valence-corrected chi connectivity index (χ1v) is 25.8. The molecule has 11 atom stereocenters. The van der Waals surface area contributed by atoms with Crippen LogP contribution in [-0.2, 0) is 57.1 Å². The van der Waals surface area contributed by atoms with Crippen LogP contribution < -0.4 is 9.47 Å². The Labute approximate surface area is 450 Å². The SMILES string of the molecule is CC(=O)O[C@@]12CO[C@@H]1C[C@H](OC(=O)COc1ccccc1)[C@@]1(C)C(=O)[C@H](OC(=O)COc3ccccc3)C3=C(C)C(OC(=O)[C@@H]4OC(c5ccccc5)=N[C@H]4c4ccccc4)C[C@@](O)([C@@H](OC(=O)c4ccccc4)[C@H]21)C3(C)C. The molecule has 5 aromatic rings. The van der Waals surface area contributed by atoms with E-state index in [1.54, 1.807) is 136 Å². The predicted molar refractivity (Wildman–Crippen MR) is 278 cm³/mol. The molecule has 3 aliphatic carbocycles. The van der Waals surface area contributed by atoms with Crippen molar-refractivity contribution in [3.8, 4) is 11.5 Å². The van der Waals surface area contributed by atoms with Crippen LogP contribution in [0.4, 0.5) is 0 Å². The number of rotatable bonds is 15. The topological polar surface area (TPSA) is 218 Å². The van der Waals surface area contributed by atoms with E-state index in [-0.39, 0.29) is 35.6 Å². The minimum Gasteiger partial charge on any atom is -0.482 e. The number of carbonyl (C=O) groups is 6. The summed E-state index contributed by atoms with van der Waals surface area (Å²) in [5.74, 6) is -6.25. The maximum absolute atomic E-state index is 16.7. The molecule has 0 amide bonds. The van der Waals surface area contributed by atoms with E-state index in [0.717, 1.165) is 0 Å². The van der Waals surface area contributed by atoms with E-state index in [1.807, 2.05) is 24.3 Å². The summed E-state index contributed by atoms with van der Waals surface area (Å²) in [6, 6.07) is 42.1. The zero-order valence-corrected chi connectivity index (χ0v) is 43.6. The Bertz CT molecular complexity index is 3130. The fourth-order valence-electron chi connectivity index (χ4n) is 12.1. The highest BCUT2D eigenvalue weighted by molar-refractivity contribution is 5.98. The molecule has 78 heavy (non-hydrogen) atoms. The van der Waals surface area contributed by atoms with Crippen LogP contribution in [-0.4, -0.2) is 114 Å². The number of nitrogens with zero attached hydrogens (tertiary/aromatic N) is 1. The van der Waals surface area contributed by atoms with Crippen LogP contribution in [0, 0.1) is 16.7 Å². The molecule has 17 heteroatoms. The van der Waals surface area contributed by atoms with Gasteiger partial charge in [-0.2, -0.15) is 0 Å². The monoisotopic (exact) mass is 1060 g/mol. The summed E-state index contributed by atoms with van der Waals surface area (Å²) in [6.45, 7) is 5.76. The summed E-state index contributed by atoms with van der Waals surface area (Å²) in [5.41, 5.74) is -6.75. The lowest BCUT2D eigenvalue weighted by molar-refractivity contribution is -0.346. The van der Waals surface area contributed by atoms with Crippen LogP contribution in [0.3, 0.4) is 0 Å². The number of aliphatic hydroxyl groups is 1. The number of para-hydroxylation sites is 2. The Hall–Kier alpha value is -8.15. The molecule has 0 aromatic heterocycles. The number of hydrogen-bond donors (Lipinski definition) is 1. The number of aliphatic imine (C=N–C) groups is 1. The molecule has 1 N–H and O–H groups in total. The zero-order chi connectivity index (χ0) is 55.0. The fourth-order valence-corrected chi connectivity index (χ4v) is 12.1. The van der Waals surface area contributed by atoms with E-state index in [4.69, 9.17) is 47.6 Å². The van der Waals surface area contributed by atoms with Gasteiger partial charge >= 0.3 is 29.8 Å². The molecule has 2 heterocycles. The number of fused-ring (bicyclic) bond motifs is 5. The van der Waals surface area contributed by atoms with E-state index in [1.165, 1.54) is 26.0 Å². The van der Waals surface area contributed by atoms with Crippen LogP contribution in [0.15, 0.2) is 168 Å². The highest BCUT2D eigenvalue weighted by atomic mass is 16.6. The molecule has 1 saturated heterocycles. The lowest BCUT2D eigenvalue weighted by atomic mass is 9.44. The molecule has 404 valence electrons. The maximum atomic E-state index is 16.7. The van der Waals surface area contributed by atoms with Gasteiger partial charge in [0.05, 0.1) is 23.5 Å². The summed E-state index contributed by atoms with van der Waals surface area (Å²) in [5, 5.41) is 14.3. The second-order valence-corrected chi connectivity index (χ2v) is 20.9. The van der Waals surface area contributed by atoms with E-state index < -0.39 is 126 Å². The Kier molecular flexibility index (Phi) is 14.6. The summed E-state index contributed by atoms with van der Waals surface area (Å²) >= 11 is 0. The molecule has 2 aliphatic heterocycles.